The third kappa shape index (κ3) is 3.10. The van der Waals surface area contributed by atoms with Gasteiger partial charge in [0.05, 0.1) is 17.5 Å². The minimum atomic E-state index is -0.0267. The van der Waals surface area contributed by atoms with Gasteiger partial charge in [-0.1, -0.05) is 11.6 Å². The molecular weight excluding hydrogens is 388 g/mol. The summed E-state index contributed by atoms with van der Waals surface area (Å²) in [4.78, 5) is 17.6. The standard InChI is InChI=1S/C23H21ClN2O3/c1-3-28-20-10-15-8-13(2)29-21(15)11-16(20)9-14-6-7-26-22(14)25-19-12-17(24)4-5-18(19)23(26)27/h4-5,9-13H,3,6-8H2,1-2H3/b14-9+/t13-/m0/s1. The molecular formula is C23H21ClN2O3. The molecule has 1 aromatic heterocycles. The number of hydrogen-bond acceptors (Lipinski definition) is 4. The molecule has 0 bridgehead atoms. The Labute approximate surface area is 173 Å². The number of fused-ring (bicyclic) bond motifs is 3. The van der Waals surface area contributed by atoms with Crippen LogP contribution < -0.4 is 15.0 Å². The van der Waals surface area contributed by atoms with Gasteiger partial charge in [-0.2, -0.15) is 0 Å². The maximum Gasteiger partial charge on any atom is 0.261 e. The maximum absolute atomic E-state index is 12.9. The molecule has 29 heavy (non-hydrogen) atoms. The molecule has 0 N–H and O–H groups in total. The van der Waals surface area contributed by atoms with Crippen LogP contribution in [0.3, 0.4) is 0 Å². The summed E-state index contributed by atoms with van der Waals surface area (Å²) < 4.78 is 13.6. The Balaban J connectivity index is 1.65. The molecule has 2 aromatic carbocycles. The van der Waals surface area contributed by atoms with Crippen molar-refractivity contribution in [2.24, 2.45) is 0 Å². The average molecular weight is 409 g/mol. The Bertz CT molecular complexity index is 1230. The van der Waals surface area contributed by atoms with E-state index in [9.17, 15) is 4.79 Å². The van der Waals surface area contributed by atoms with Crippen molar-refractivity contribution in [2.75, 3.05) is 6.61 Å². The number of hydrogen-bond donors (Lipinski definition) is 0. The predicted molar refractivity (Wildman–Crippen MR) is 115 cm³/mol. The average Bonchev–Trinajstić information content (AvgIpc) is 3.24. The molecule has 1 atom stereocenters. The van der Waals surface area contributed by atoms with Crippen molar-refractivity contribution in [2.45, 2.75) is 39.3 Å². The first-order valence-corrected chi connectivity index (χ1v) is 10.3. The van der Waals surface area contributed by atoms with Crippen LogP contribution >= 0.6 is 11.6 Å². The molecule has 0 radical (unpaired) electrons. The molecule has 0 saturated carbocycles. The van der Waals surface area contributed by atoms with Crippen LogP contribution in [-0.4, -0.2) is 22.3 Å². The highest BCUT2D eigenvalue weighted by Crippen LogP contribution is 2.38. The highest BCUT2D eigenvalue weighted by atomic mass is 35.5. The van der Waals surface area contributed by atoms with E-state index >= 15 is 0 Å². The first-order chi connectivity index (χ1) is 14.0. The van der Waals surface area contributed by atoms with Crippen LogP contribution in [0.1, 0.15) is 37.2 Å². The van der Waals surface area contributed by atoms with E-state index in [0.29, 0.717) is 34.9 Å². The SMILES string of the molecule is CCOc1cc2c(cc1/C=C1\CCn3c1nc1cc(Cl)ccc1c3=O)O[C@@H](C)C2. The Kier molecular flexibility index (Phi) is 4.36. The van der Waals surface area contributed by atoms with Gasteiger partial charge in [-0.05, 0) is 62.2 Å². The lowest BCUT2D eigenvalue weighted by molar-refractivity contribution is 0.254. The van der Waals surface area contributed by atoms with Crippen LogP contribution in [-0.2, 0) is 13.0 Å². The largest absolute Gasteiger partial charge is 0.493 e. The fourth-order valence-corrected chi connectivity index (χ4v) is 4.33. The summed E-state index contributed by atoms with van der Waals surface area (Å²) in [5.41, 5.74) is 3.73. The molecule has 0 spiro atoms. The van der Waals surface area contributed by atoms with Gasteiger partial charge in [0.15, 0.2) is 0 Å². The van der Waals surface area contributed by atoms with Gasteiger partial charge < -0.3 is 9.47 Å². The van der Waals surface area contributed by atoms with E-state index in [1.807, 2.05) is 13.0 Å². The molecule has 2 aliphatic heterocycles. The molecule has 6 heteroatoms. The second kappa shape index (κ2) is 6.92. The number of ether oxygens (including phenoxy) is 2. The molecule has 3 heterocycles. The quantitative estimate of drug-likeness (QED) is 0.629. The molecule has 0 aliphatic carbocycles. The van der Waals surface area contributed by atoms with Crippen LogP contribution in [0.15, 0.2) is 35.1 Å². The van der Waals surface area contributed by atoms with Gasteiger partial charge in [0, 0.05) is 29.1 Å². The number of allylic oxidation sites excluding steroid dienone is 1. The molecule has 2 aliphatic rings. The fraction of sp³-hybridized carbons (Fsp3) is 0.304. The third-order valence-electron chi connectivity index (χ3n) is 5.47. The smallest absolute Gasteiger partial charge is 0.261 e. The Morgan fingerprint density at radius 2 is 2.21 bits per heavy atom. The number of rotatable bonds is 3. The van der Waals surface area contributed by atoms with Crippen LogP contribution in [0.5, 0.6) is 11.5 Å². The molecule has 5 nitrogen and oxygen atoms in total. The zero-order valence-corrected chi connectivity index (χ0v) is 17.1. The first-order valence-electron chi connectivity index (χ1n) is 9.91. The van der Waals surface area contributed by atoms with Crippen LogP contribution in [0, 0.1) is 0 Å². The van der Waals surface area contributed by atoms with Crippen molar-refractivity contribution in [1.82, 2.24) is 9.55 Å². The molecule has 0 fully saturated rings. The lowest BCUT2D eigenvalue weighted by atomic mass is 10.0. The topological polar surface area (TPSA) is 53.4 Å². The second-order valence-electron chi connectivity index (χ2n) is 7.54. The van der Waals surface area contributed by atoms with E-state index in [1.54, 1.807) is 22.8 Å². The third-order valence-corrected chi connectivity index (χ3v) is 5.70. The van der Waals surface area contributed by atoms with Gasteiger partial charge in [0.2, 0.25) is 0 Å². The van der Waals surface area contributed by atoms with E-state index in [-0.39, 0.29) is 11.7 Å². The molecule has 148 valence electrons. The maximum atomic E-state index is 12.9. The lowest BCUT2D eigenvalue weighted by Gasteiger charge is -2.11. The molecule has 0 amide bonds. The summed E-state index contributed by atoms with van der Waals surface area (Å²) in [5, 5.41) is 1.16. The van der Waals surface area contributed by atoms with Gasteiger partial charge in [-0.15, -0.1) is 0 Å². The predicted octanol–water partition coefficient (Wildman–Crippen LogP) is 4.72. The summed E-state index contributed by atoms with van der Waals surface area (Å²) in [6.45, 7) is 5.25. The summed E-state index contributed by atoms with van der Waals surface area (Å²) in [6, 6.07) is 9.32. The minimum absolute atomic E-state index is 0.0267. The van der Waals surface area contributed by atoms with Crippen molar-refractivity contribution < 1.29 is 9.47 Å². The highest BCUT2D eigenvalue weighted by molar-refractivity contribution is 6.31. The van der Waals surface area contributed by atoms with Gasteiger partial charge in [0.1, 0.15) is 23.4 Å². The Hall–Kier alpha value is -2.79. The lowest BCUT2D eigenvalue weighted by Crippen LogP contribution is -2.20. The normalized spacial score (nSPS) is 18.7. The van der Waals surface area contributed by atoms with Crippen molar-refractivity contribution in [3.8, 4) is 11.5 Å². The zero-order chi connectivity index (χ0) is 20.1. The van der Waals surface area contributed by atoms with Crippen molar-refractivity contribution in [1.29, 1.82) is 0 Å². The molecule has 0 saturated heterocycles. The van der Waals surface area contributed by atoms with Gasteiger partial charge >= 0.3 is 0 Å². The Morgan fingerprint density at radius 3 is 3.03 bits per heavy atom. The van der Waals surface area contributed by atoms with Gasteiger partial charge in [-0.25, -0.2) is 4.98 Å². The second-order valence-corrected chi connectivity index (χ2v) is 7.97. The van der Waals surface area contributed by atoms with E-state index in [1.165, 1.54) is 5.56 Å². The van der Waals surface area contributed by atoms with Crippen LogP contribution in [0.4, 0.5) is 0 Å². The van der Waals surface area contributed by atoms with Crippen molar-refractivity contribution >= 4 is 34.2 Å². The van der Waals surface area contributed by atoms with Crippen molar-refractivity contribution in [3.63, 3.8) is 0 Å². The molecule has 3 aromatic rings. The first kappa shape index (κ1) is 18.3. The minimum Gasteiger partial charge on any atom is -0.493 e. The zero-order valence-electron chi connectivity index (χ0n) is 16.4. The summed E-state index contributed by atoms with van der Waals surface area (Å²) in [5.74, 6) is 2.43. The van der Waals surface area contributed by atoms with Crippen LogP contribution in [0.25, 0.3) is 22.6 Å². The summed E-state index contributed by atoms with van der Waals surface area (Å²) in [6.07, 6.45) is 3.87. The number of benzene rings is 2. The van der Waals surface area contributed by atoms with Crippen molar-refractivity contribution in [3.05, 3.63) is 62.7 Å². The van der Waals surface area contributed by atoms with Gasteiger partial charge in [0.25, 0.3) is 5.56 Å². The fourth-order valence-electron chi connectivity index (χ4n) is 4.16. The van der Waals surface area contributed by atoms with E-state index < -0.39 is 0 Å². The summed E-state index contributed by atoms with van der Waals surface area (Å²) in [7, 11) is 0. The van der Waals surface area contributed by atoms with E-state index in [2.05, 4.69) is 19.1 Å². The van der Waals surface area contributed by atoms with Crippen LogP contribution in [0.2, 0.25) is 5.02 Å². The summed E-state index contributed by atoms with van der Waals surface area (Å²) >= 11 is 6.12. The molecule has 0 unspecified atom stereocenters. The van der Waals surface area contributed by atoms with E-state index in [0.717, 1.165) is 35.5 Å². The number of halogens is 1. The monoisotopic (exact) mass is 408 g/mol. The Morgan fingerprint density at radius 1 is 1.34 bits per heavy atom. The van der Waals surface area contributed by atoms with E-state index in [4.69, 9.17) is 26.1 Å². The number of aromatic nitrogens is 2. The number of nitrogens with zero attached hydrogens (tertiary/aromatic N) is 2. The highest BCUT2D eigenvalue weighted by Gasteiger charge is 2.24. The molecule has 5 rings (SSSR count). The van der Waals surface area contributed by atoms with Gasteiger partial charge in [-0.3, -0.25) is 9.36 Å².